The number of amides is 1. The van der Waals surface area contributed by atoms with E-state index in [9.17, 15) is 9.00 Å². The summed E-state index contributed by atoms with van der Waals surface area (Å²) in [6, 6.07) is 7.98. The molecular formula is C21H34N4O2S. The zero-order valence-corrected chi connectivity index (χ0v) is 18.1. The molecule has 3 unspecified atom stereocenters. The minimum absolute atomic E-state index is 0.0725. The third-order valence-corrected chi connectivity index (χ3v) is 6.79. The van der Waals surface area contributed by atoms with Gasteiger partial charge in [-0.1, -0.05) is 25.5 Å². The number of nitrogens with zero attached hydrogens (tertiary/aromatic N) is 1. The van der Waals surface area contributed by atoms with Crippen LogP contribution in [0.2, 0.25) is 0 Å². The highest BCUT2D eigenvalue weighted by molar-refractivity contribution is 7.85. The molecule has 1 amide bonds. The van der Waals surface area contributed by atoms with Crippen LogP contribution in [0, 0.1) is 0 Å². The Morgan fingerprint density at radius 2 is 2.11 bits per heavy atom. The van der Waals surface area contributed by atoms with Crippen LogP contribution in [-0.4, -0.2) is 53.3 Å². The first kappa shape index (κ1) is 22.4. The molecule has 1 aliphatic carbocycles. The Bertz CT molecular complexity index is 693. The monoisotopic (exact) mass is 406 g/mol. The van der Waals surface area contributed by atoms with Crippen LogP contribution in [0.1, 0.15) is 55.5 Å². The highest BCUT2D eigenvalue weighted by Gasteiger charge is 2.26. The predicted octanol–water partition coefficient (Wildman–Crippen LogP) is 2.22. The molecule has 7 heteroatoms. The Hall–Kier alpha value is -1.89. The minimum Gasteiger partial charge on any atom is -0.357 e. The van der Waals surface area contributed by atoms with Gasteiger partial charge in [0, 0.05) is 53.5 Å². The Balaban J connectivity index is 1.93. The Morgan fingerprint density at radius 3 is 2.82 bits per heavy atom. The summed E-state index contributed by atoms with van der Waals surface area (Å²) in [7, 11) is 0.915. The summed E-state index contributed by atoms with van der Waals surface area (Å²) in [6.07, 6.45) is 4.98. The Labute approximate surface area is 171 Å². The molecule has 0 saturated heterocycles. The summed E-state index contributed by atoms with van der Waals surface area (Å²) in [5.74, 6) is 1.48. The van der Waals surface area contributed by atoms with Crippen LogP contribution < -0.4 is 16.0 Å². The molecule has 2 rings (SSSR count). The molecule has 3 atom stereocenters. The van der Waals surface area contributed by atoms with Crippen LogP contribution in [0.15, 0.2) is 29.3 Å². The first-order valence-corrected chi connectivity index (χ1v) is 11.7. The van der Waals surface area contributed by atoms with E-state index in [0.717, 1.165) is 55.9 Å². The number of carbonyl (C=O) groups excluding carboxylic acids is 1. The van der Waals surface area contributed by atoms with Gasteiger partial charge in [0.25, 0.3) is 5.91 Å². The molecule has 1 aromatic rings. The lowest BCUT2D eigenvalue weighted by molar-refractivity contribution is 0.0963. The first-order valence-electron chi connectivity index (χ1n) is 10.3. The fourth-order valence-corrected chi connectivity index (χ4v) is 4.92. The van der Waals surface area contributed by atoms with Crippen LogP contribution in [0.25, 0.3) is 0 Å². The average Bonchev–Trinajstić information content (AvgIpc) is 2.73. The second kappa shape index (κ2) is 11.8. The lowest BCUT2D eigenvalue weighted by Crippen LogP contribution is -2.46. The topological polar surface area (TPSA) is 82.6 Å². The van der Waals surface area contributed by atoms with Gasteiger partial charge < -0.3 is 16.0 Å². The highest BCUT2D eigenvalue weighted by Crippen LogP contribution is 2.23. The van der Waals surface area contributed by atoms with Crippen molar-refractivity contribution in [3.8, 4) is 0 Å². The van der Waals surface area contributed by atoms with Gasteiger partial charge in [0.1, 0.15) is 0 Å². The summed E-state index contributed by atoms with van der Waals surface area (Å²) < 4.78 is 12.2. The van der Waals surface area contributed by atoms with E-state index in [-0.39, 0.29) is 5.91 Å². The molecule has 1 fully saturated rings. The lowest BCUT2D eigenvalue weighted by Gasteiger charge is -2.30. The fraction of sp³-hybridized carbons (Fsp3) is 0.619. The Morgan fingerprint density at radius 1 is 1.29 bits per heavy atom. The van der Waals surface area contributed by atoms with E-state index in [0.29, 0.717) is 23.4 Å². The summed E-state index contributed by atoms with van der Waals surface area (Å²) in [5, 5.41) is 9.79. The fourth-order valence-electron chi connectivity index (χ4n) is 3.57. The second-order valence-electron chi connectivity index (χ2n) is 7.09. The van der Waals surface area contributed by atoms with Crippen molar-refractivity contribution in [2.45, 2.75) is 57.2 Å². The minimum atomic E-state index is -0.723. The van der Waals surface area contributed by atoms with Crippen molar-refractivity contribution in [3.05, 3.63) is 35.4 Å². The predicted molar refractivity (Wildman–Crippen MR) is 117 cm³/mol. The van der Waals surface area contributed by atoms with E-state index in [2.05, 4.69) is 22.9 Å². The number of hydrogen-bond donors (Lipinski definition) is 3. The van der Waals surface area contributed by atoms with Crippen molar-refractivity contribution in [3.63, 3.8) is 0 Å². The van der Waals surface area contributed by atoms with Gasteiger partial charge in [0.15, 0.2) is 5.96 Å². The first-order chi connectivity index (χ1) is 13.6. The van der Waals surface area contributed by atoms with E-state index in [1.54, 1.807) is 7.05 Å². The van der Waals surface area contributed by atoms with Gasteiger partial charge in [-0.3, -0.25) is 14.0 Å². The van der Waals surface area contributed by atoms with Gasteiger partial charge >= 0.3 is 0 Å². The number of nitrogens with one attached hydrogen (secondary N) is 3. The van der Waals surface area contributed by atoms with Gasteiger partial charge in [-0.05, 0) is 50.3 Å². The summed E-state index contributed by atoms with van der Waals surface area (Å²) >= 11 is 0. The SMILES string of the molecule is CCNC(=NCCc1cccc(C(=O)NC)c1)NC1CCCC(S(=O)CC)C1. The molecule has 1 saturated carbocycles. The molecule has 0 bridgehead atoms. The van der Waals surface area contributed by atoms with Crippen molar-refractivity contribution < 1.29 is 9.00 Å². The van der Waals surface area contributed by atoms with Gasteiger partial charge in [0.05, 0.1) is 0 Å². The van der Waals surface area contributed by atoms with Crippen molar-refractivity contribution in [1.82, 2.24) is 16.0 Å². The number of hydrogen-bond acceptors (Lipinski definition) is 3. The molecule has 0 aliphatic heterocycles. The average molecular weight is 407 g/mol. The summed E-state index contributed by atoms with van der Waals surface area (Å²) in [4.78, 5) is 16.5. The third kappa shape index (κ3) is 6.93. The summed E-state index contributed by atoms with van der Waals surface area (Å²) in [6.45, 7) is 5.50. The highest BCUT2D eigenvalue weighted by atomic mass is 32.2. The maximum absolute atomic E-state index is 12.2. The van der Waals surface area contributed by atoms with Gasteiger partial charge in [0.2, 0.25) is 0 Å². The standard InChI is InChI=1S/C21H34N4O2S/c1-4-23-21(25-18-10-7-11-19(15-18)28(27)5-2)24-13-12-16-8-6-9-17(14-16)20(26)22-3/h6,8-9,14,18-19H,4-5,7,10-13,15H2,1-3H3,(H,22,26)(H2,23,24,25). The van der Waals surface area contributed by atoms with Crippen molar-refractivity contribution >= 4 is 22.7 Å². The van der Waals surface area contributed by atoms with Gasteiger partial charge in [-0.2, -0.15) is 0 Å². The van der Waals surface area contributed by atoms with Gasteiger partial charge in [-0.25, -0.2) is 0 Å². The molecule has 0 spiro atoms. The second-order valence-corrected chi connectivity index (χ2v) is 9.09. The smallest absolute Gasteiger partial charge is 0.251 e. The quantitative estimate of drug-likeness (QED) is 0.457. The maximum Gasteiger partial charge on any atom is 0.251 e. The lowest BCUT2D eigenvalue weighted by atomic mass is 9.95. The number of carbonyl (C=O) groups is 1. The van der Waals surface area contributed by atoms with Crippen molar-refractivity contribution in [2.75, 3.05) is 25.9 Å². The molecule has 6 nitrogen and oxygen atoms in total. The van der Waals surface area contributed by atoms with Crippen LogP contribution in [0.3, 0.4) is 0 Å². The summed E-state index contributed by atoms with van der Waals surface area (Å²) in [5.41, 5.74) is 1.77. The zero-order valence-electron chi connectivity index (χ0n) is 17.3. The van der Waals surface area contributed by atoms with E-state index in [4.69, 9.17) is 4.99 Å². The van der Waals surface area contributed by atoms with E-state index in [1.807, 2.05) is 31.2 Å². The molecule has 1 aromatic carbocycles. The molecule has 3 N–H and O–H groups in total. The molecule has 156 valence electrons. The van der Waals surface area contributed by atoms with E-state index < -0.39 is 10.8 Å². The van der Waals surface area contributed by atoms with E-state index in [1.165, 1.54) is 0 Å². The van der Waals surface area contributed by atoms with Crippen molar-refractivity contribution in [2.24, 2.45) is 4.99 Å². The number of rotatable bonds is 8. The molecule has 0 heterocycles. The molecular weight excluding hydrogens is 372 g/mol. The van der Waals surface area contributed by atoms with Crippen LogP contribution in [-0.2, 0) is 17.2 Å². The van der Waals surface area contributed by atoms with Crippen LogP contribution >= 0.6 is 0 Å². The number of benzene rings is 1. The van der Waals surface area contributed by atoms with E-state index >= 15 is 0 Å². The molecule has 1 aliphatic rings. The number of aliphatic imine (C=N–C) groups is 1. The zero-order chi connectivity index (χ0) is 20.4. The Kier molecular flexibility index (Phi) is 9.47. The van der Waals surface area contributed by atoms with Crippen molar-refractivity contribution in [1.29, 1.82) is 0 Å². The third-order valence-electron chi connectivity index (χ3n) is 5.05. The molecule has 0 aromatic heterocycles. The maximum atomic E-state index is 12.2. The van der Waals surface area contributed by atoms with Crippen LogP contribution in [0.4, 0.5) is 0 Å². The molecule has 28 heavy (non-hydrogen) atoms. The van der Waals surface area contributed by atoms with Crippen LogP contribution in [0.5, 0.6) is 0 Å². The largest absolute Gasteiger partial charge is 0.357 e. The van der Waals surface area contributed by atoms with Gasteiger partial charge in [-0.15, -0.1) is 0 Å². The number of guanidine groups is 1. The normalized spacial score (nSPS) is 21.0. The molecule has 0 radical (unpaired) electrons.